The van der Waals surface area contributed by atoms with E-state index in [0.29, 0.717) is 10.2 Å². The van der Waals surface area contributed by atoms with Crippen molar-refractivity contribution in [2.45, 2.75) is 6.61 Å². The first-order valence-electron chi connectivity index (χ1n) is 6.02. The van der Waals surface area contributed by atoms with E-state index < -0.39 is 11.4 Å². The number of halogens is 1. The number of aromatic nitrogens is 2. The third-order valence-corrected chi connectivity index (χ3v) is 4.48. The summed E-state index contributed by atoms with van der Waals surface area (Å²) in [5.74, 6) is -0.718. The predicted molar refractivity (Wildman–Crippen MR) is 88.5 cm³/mol. The minimum atomic E-state index is -0.718. The maximum Gasteiger partial charge on any atom is 0.363 e. The number of nitrogens with zero attached hydrogens (tertiary/aromatic N) is 1. The Kier molecular flexibility index (Phi) is 4.02. The zero-order valence-electron chi connectivity index (χ0n) is 10.6. The molecule has 0 spiro atoms. The molecule has 106 valence electrons. The van der Waals surface area contributed by atoms with Crippen molar-refractivity contribution >= 4 is 50.1 Å². The number of carbonyl (C=O) groups is 1. The van der Waals surface area contributed by atoms with E-state index in [1.807, 2.05) is 24.3 Å². The summed E-state index contributed by atoms with van der Waals surface area (Å²) in [7, 11) is 0. The summed E-state index contributed by atoms with van der Waals surface area (Å²) >= 11 is 3.47. The Morgan fingerprint density at radius 2 is 2.05 bits per heavy atom. The fourth-order valence-electron chi connectivity index (χ4n) is 1.78. The molecule has 0 saturated carbocycles. The lowest BCUT2D eigenvalue weighted by Crippen LogP contribution is -2.20. The second-order valence-electron chi connectivity index (χ2n) is 4.27. The van der Waals surface area contributed by atoms with Crippen LogP contribution in [0.5, 0.6) is 0 Å². The Morgan fingerprint density at radius 1 is 1.29 bits per heavy atom. The molecule has 7 heteroatoms. The lowest BCUT2D eigenvalue weighted by Gasteiger charge is -2.04. The molecule has 0 bridgehead atoms. The van der Waals surface area contributed by atoms with Gasteiger partial charge in [0.25, 0.3) is 0 Å². The van der Waals surface area contributed by atoms with Crippen molar-refractivity contribution in [2.24, 2.45) is 0 Å². The van der Waals surface area contributed by atoms with Crippen molar-refractivity contribution in [3.05, 3.63) is 60.8 Å². The fourth-order valence-corrected chi connectivity index (χ4v) is 2.93. The number of aromatic amines is 1. The van der Waals surface area contributed by atoms with Crippen LogP contribution in [0.4, 0.5) is 0 Å². The topological polar surface area (TPSA) is 72.0 Å². The van der Waals surface area contributed by atoms with Gasteiger partial charge in [-0.2, -0.15) is 5.10 Å². The molecular formula is C14H9IN2O3S. The minimum absolute atomic E-state index is 0.110. The zero-order valence-corrected chi connectivity index (χ0v) is 13.6. The molecule has 3 rings (SSSR count). The van der Waals surface area contributed by atoms with E-state index in [0.717, 1.165) is 9.13 Å². The SMILES string of the molecule is O=C(OCc1ccc(I)cc1)c1n[nH]c2ccsc2c1=O. The number of esters is 1. The van der Waals surface area contributed by atoms with E-state index in [2.05, 4.69) is 32.8 Å². The summed E-state index contributed by atoms with van der Waals surface area (Å²) in [5.41, 5.74) is 0.874. The number of thiophene rings is 1. The number of ether oxygens (including phenoxy) is 1. The number of benzene rings is 1. The first kappa shape index (κ1) is 14.2. The summed E-state index contributed by atoms with van der Waals surface area (Å²) < 4.78 is 6.72. The van der Waals surface area contributed by atoms with Crippen LogP contribution in [-0.4, -0.2) is 16.2 Å². The quantitative estimate of drug-likeness (QED) is 0.531. The highest BCUT2D eigenvalue weighted by Gasteiger charge is 2.17. The maximum absolute atomic E-state index is 12.1. The first-order chi connectivity index (χ1) is 10.1. The summed E-state index contributed by atoms with van der Waals surface area (Å²) in [6.45, 7) is 0.110. The summed E-state index contributed by atoms with van der Waals surface area (Å²) in [5, 5.41) is 8.25. The van der Waals surface area contributed by atoms with Crippen LogP contribution in [-0.2, 0) is 11.3 Å². The van der Waals surface area contributed by atoms with Crippen molar-refractivity contribution in [2.75, 3.05) is 0 Å². The van der Waals surface area contributed by atoms with Gasteiger partial charge < -0.3 is 4.74 Å². The van der Waals surface area contributed by atoms with Gasteiger partial charge in [-0.05, 0) is 51.7 Å². The highest BCUT2D eigenvalue weighted by atomic mass is 127. The molecule has 1 N–H and O–H groups in total. The Bertz CT molecular complexity index is 855. The Hall–Kier alpha value is -1.74. The van der Waals surface area contributed by atoms with Gasteiger partial charge in [-0.3, -0.25) is 9.89 Å². The number of fused-ring (bicyclic) bond motifs is 1. The molecule has 0 unspecified atom stereocenters. The molecule has 0 aliphatic rings. The molecular weight excluding hydrogens is 403 g/mol. The van der Waals surface area contributed by atoms with Gasteiger partial charge in [0.2, 0.25) is 11.1 Å². The van der Waals surface area contributed by atoms with Crippen molar-refractivity contribution in [1.29, 1.82) is 0 Å². The lowest BCUT2D eigenvalue weighted by atomic mass is 10.2. The molecule has 0 aliphatic carbocycles. The van der Waals surface area contributed by atoms with Crippen LogP contribution in [0.1, 0.15) is 16.1 Å². The first-order valence-corrected chi connectivity index (χ1v) is 7.98. The average Bonchev–Trinajstić information content (AvgIpc) is 2.96. The van der Waals surface area contributed by atoms with Gasteiger partial charge in [-0.25, -0.2) is 4.79 Å². The summed E-state index contributed by atoms with van der Waals surface area (Å²) in [6.07, 6.45) is 0. The van der Waals surface area contributed by atoms with E-state index in [4.69, 9.17) is 4.74 Å². The van der Waals surface area contributed by atoms with E-state index in [-0.39, 0.29) is 12.3 Å². The Labute approximate surface area is 137 Å². The molecule has 2 heterocycles. The molecule has 5 nitrogen and oxygen atoms in total. The molecule has 2 aromatic heterocycles. The lowest BCUT2D eigenvalue weighted by molar-refractivity contribution is 0.0463. The zero-order chi connectivity index (χ0) is 14.8. The molecule has 0 aliphatic heterocycles. The molecule has 3 aromatic rings. The van der Waals surface area contributed by atoms with Gasteiger partial charge in [0.15, 0.2) is 0 Å². The summed E-state index contributed by atoms with van der Waals surface area (Å²) in [6, 6.07) is 9.33. The summed E-state index contributed by atoms with van der Waals surface area (Å²) in [4.78, 5) is 24.1. The number of rotatable bonds is 3. The third-order valence-electron chi connectivity index (χ3n) is 2.85. The minimum Gasteiger partial charge on any atom is -0.456 e. The number of nitrogens with one attached hydrogen (secondary N) is 1. The van der Waals surface area contributed by atoms with Crippen molar-refractivity contribution in [1.82, 2.24) is 10.2 Å². The monoisotopic (exact) mass is 412 g/mol. The second kappa shape index (κ2) is 5.94. The number of H-pyrrole nitrogens is 1. The average molecular weight is 412 g/mol. The van der Waals surface area contributed by atoms with Crippen LogP contribution >= 0.6 is 33.9 Å². The molecule has 0 amide bonds. The standard InChI is InChI=1S/C14H9IN2O3S/c15-9-3-1-8(2-4-9)7-20-14(19)11-12(18)13-10(16-17-11)5-6-21-13/h1-6H,7H2,(H,16,18). The van der Waals surface area contributed by atoms with Crippen LogP contribution in [0.15, 0.2) is 40.5 Å². The van der Waals surface area contributed by atoms with Crippen molar-refractivity contribution in [3.8, 4) is 0 Å². The van der Waals surface area contributed by atoms with Crippen LogP contribution in [0.3, 0.4) is 0 Å². The maximum atomic E-state index is 12.1. The molecule has 21 heavy (non-hydrogen) atoms. The fraction of sp³-hybridized carbons (Fsp3) is 0.0714. The predicted octanol–water partition coefficient (Wildman–Crippen LogP) is 2.95. The van der Waals surface area contributed by atoms with E-state index in [9.17, 15) is 9.59 Å². The number of hydrogen-bond acceptors (Lipinski definition) is 5. The molecule has 0 saturated heterocycles. The van der Waals surface area contributed by atoms with Gasteiger partial charge in [0.05, 0.1) is 5.52 Å². The van der Waals surface area contributed by atoms with Crippen molar-refractivity contribution in [3.63, 3.8) is 0 Å². The number of hydrogen-bond donors (Lipinski definition) is 1. The van der Waals surface area contributed by atoms with Crippen molar-refractivity contribution < 1.29 is 9.53 Å². The van der Waals surface area contributed by atoms with Crippen LogP contribution in [0, 0.1) is 3.57 Å². The van der Waals surface area contributed by atoms with E-state index in [1.165, 1.54) is 11.3 Å². The van der Waals surface area contributed by atoms with E-state index >= 15 is 0 Å². The van der Waals surface area contributed by atoms with Gasteiger partial charge in [-0.15, -0.1) is 11.3 Å². The van der Waals surface area contributed by atoms with Gasteiger partial charge in [-0.1, -0.05) is 12.1 Å². The molecule has 0 radical (unpaired) electrons. The highest BCUT2D eigenvalue weighted by Crippen LogP contribution is 2.14. The third kappa shape index (κ3) is 2.98. The Balaban J connectivity index is 1.79. The van der Waals surface area contributed by atoms with Gasteiger partial charge >= 0.3 is 5.97 Å². The van der Waals surface area contributed by atoms with Gasteiger partial charge in [0, 0.05) is 3.57 Å². The largest absolute Gasteiger partial charge is 0.456 e. The van der Waals surface area contributed by atoms with Crippen LogP contribution in [0.2, 0.25) is 0 Å². The Morgan fingerprint density at radius 3 is 2.81 bits per heavy atom. The normalized spacial score (nSPS) is 10.7. The van der Waals surface area contributed by atoms with Crippen LogP contribution < -0.4 is 5.43 Å². The molecule has 1 aromatic carbocycles. The van der Waals surface area contributed by atoms with E-state index in [1.54, 1.807) is 11.4 Å². The van der Waals surface area contributed by atoms with Gasteiger partial charge in [0.1, 0.15) is 11.3 Å². The molecule has 0 atom stereocenters. The van der Waals surface area contributed by atoms with Crippen LogP contribution in [0.25, 0.3) is 10.2 Å². The molecule has 0 fully saturated rings. The number of carbonyl (C=O) groups excluding carboxylic acids is 1. The highest BCUT2D eigenvalue weighted by molar-refractivity contribution is 14.1. The smallest absolute Gasteiger partial charge is 0.363 e. The second-order valence-corrected chi connectivity index (χ2v) is 6.43.